The molecule has 0 bridgehead atoms. The van der Waals surface area contributed by atoms with Crippen LogP contribution in [0.4, 0.5) is 0 Å². The van der Waals surface area contributed by atoms with Crippen LogP contribution in [-0.2, 0) is 0 Å². The van der Waals surface area contributed by atoms with Crippen molar-refractivity contribution in [1.82, 2.24) is 10.6 Å². The Bertz CT molecular complexity index is 461. The maximum Gasteiger partial charge on any atom is 0.261 e. The molecule has 1 saturated heterocycles. The molecule has 7 heteroatoms. The highest BCUT2D eigenvalue weighted by Crippen LogP contribution is 2.34. The zero-order valence-electron chi connectivity index (χ0n) is 11.6. The van der Waals surface area contributed by atoms with Crippen molar-refractivity contribution in [2.45, 2.75) is 19.8 Å². The van der Waals surface area contributed by atoms with Crippen LogP contribution in [0.5, 0.6) is 5.75 Å². The summed E-state index contributed by atoms with van der Waals surface area (Å²) in [4.78, 5) is 12.8. The van der Waals surface area contributed by atoms with E-state index in [-0.39, 0.29) is 23.7 Å². The van der Waals surface area contributed by atoms with Gasteiger partial charge in [0.15, 0.2) is 0 Å². The summed E-state index contributed by atoms with van der Waals surface area (Å²) >= 11 is 4.79. The normalized spacial score (nSPS) is 17.1. The third-order valence-corrected chi connectivity index (χ3v) is 5.37. The number of methoxy groups -OCH3 is 1. The number of halogens is 2. The lowest BCUT2D eigenvalue weighted by atomic mass is 9.81. The Morgan fingerprint density at radius 2 is 2.20 bits per heavy atom. The van der Waals surface area contributed by atoms with Crippen molar-refractivity contribution >= 4 is 45.6 Å². The number of nitrogens with one attached hydrogen (secondary N) is 2. The van der Waals surface area contributed by atoms with E-state index in [0.29, 0.717) is 10.6 Å². The fourth-order valence-corrected chi connectivity index (χ4v) is 3.76. The van der Waals surface area contributed by atoms with Crippen LogP contribution < -0.4 is 15.4 Å². The van der Waals surface area contributed by atoms with Crippen molar-refractivity contribution in [2.75, 3.05) is 26.7 Å². The lowest BCUT2D eigenvalue weighted by Crippen LogP contribution is -2.42. The van der Waals surface area contributed by atoms with E-state index in [1.54, 1.807) is 13.2 Å². The quantitative estimate of drug-likeness (QED) is 0.840. The Hall–Kier alpha value is -0.300. The molecule has 0 unspecified atom stereocenters. The van der Waals surface area contributed by atoms with Gasteiger partial charge >= 0.3 is 0 Å². The third kappa shape index (κ3) is 4.35. The van der Waals surface area contributed by atoms with E-state index < -0.39 is 0 Å². The van der Waals surface area contributed by atoms with Crippen LogP contribution in [0.25, 0.3) is 0 Å². The van der Waals surface area contributed by atoms with Crippen molar-refractivity contribution < 1.29 is 9.53 Å². The predicted molar refractivity (Wildman–Crippen MR) is 88.4 cm³/mol. The first-order valence-electron chi connectivity index (χ1n) is 6.36. The van der Waals surface area contributed by atoms with Crippen molar-refractivity contribution in [2.24, 2.45) is 5.41 Å². The number of thiophene rings is 1. The molecule has 114 valence electrons. The van der Waals surface area contributed by atoms with Gasteiger partial charge in [0.25, 0.3) is 5.91 Å². The molecule has 4 nitrogen and oxygen atoms in total. The highest BCUT2D eigenvalue weighted by molar-refractivity contribution is 9.11. The molecule has 1 aliphatic rings. The van der Waals surface area contributed by atoms with Crippen LogP contribution in [0.3, 0.4) is 0 Å². The molecule has 0 aliphatic carbocycles. The van der Waals surface area contributed by atoms with Gasteiger partial charge in [0.1, 0.15) is 9.54 Å². The lowest BCUT2D eigenvalue weighted by Gasteiger charge is -2.34. The molecule has 1 amide bonds. The molecular weight excluding hydrogens is 364 g/mol. The Morgan fingerprint density at radius 3 is 2.75 bits per heavy atom. The van der Waals surface area contributed by atoms with Gasteiger partial charge in [-0.05, 0) is 47.3 Å². The molecule has 1 fully saturated rings. The first kappa shape index (κ1) is 17.8. The number of carbonyl (C=O) groups is 1. The Kier molecular flexibility index (Phi) is 6.78. The maximum absolute atomic E-state index is 12.1. The zero-order chi connectivity index (χ0) is 13.9. The first-order chi connectivity index (χ1) is 9.04. The van der Waals surface area contributed by atoms with Crippen LogP contribution in [0, 0.1) is 5.41 Å². The van der Waals surface area contributed by atoms with Gasteiger partial charge < -0.3 is 15.4 Å². The first-order valence-corrected chi connectivity index (χ1v) is 7.97. The fourth-order valence-electron chi connectivity index (χ4n) is 2.19. The standard InChI is InChI=1S/C13H19BrN2O2S.ClH/c1-13(3-5-15-6-4-13)8-16-12(17)10-7-9(18-2)11(14)19-10;/h7,15H,3-6,8H2,1-2H3,(H,16,17);1H. The van der Waals surface area contributed by atoms with E-state index in [4.69, 9.17) is 4.74 Å². The lowest BCUT2D eigenvalue weighted by molar-refractivity contribution is 0.0926. The molecule has 0 radical (unpaired) electrons. The van der Waals surface area contributed by atoms with Gasteiger partial charge in [0.2, 0.25) is 0 Å². The predicted octanol–water partition coefficient (Wildman–Crippen LogP) is 3.06. The smallest absolute Gasteiger partial charge is 0.261 e. The van der Waals surface area contributed by atoms with Gasteiger partial charge in [-0.3, -0.25) is 4.79 Å². The molecule has 1 aromatic heterocycles. The minimum Gasteiger partial charge on any atom is -0.495 e. The summed E-state index contributed by atoms with van der Waals surface area (Å²) in [6.45, 7) is 5.03. The zero-order valence-corrected chi connectivity index (χ0v) is 14.8. The van der Waals surface area contributed by atoms with Gasteiger partial charge in [-0.1, -0.05) is 6.92 Å². The van der Waals surface area contributed by atoms with E-state index in [1.807, 2.05) is 0 Å². The van der Waals surface area contributed by atoms with E-state index in [1.165, 1.54) is 11.3 Å². The monoisotopic (exact) mass is 382 g/mol. The number of amides is 1. The summed E-state index contributed by atoms with van der Waals surface area (Å²) in [6, 6.07) is 1.77. The molecule has 2 N–H and O–H groups in total. The number of carbonyl (C=O) groups excluding carboxylic acids is 1. The number of hydrogen-bond donors (Lipinski definition) is 2. The minimum absolute atomic E-state index is 0. The van der Waals surface area contributed by atoms with Crippen molar-refractivity contribution in [3.05, 3.63) is 14.7 Å². The number of ether oxygens (including phenoxy) is 1. The average Bonchev–Trinajstić information content (AvgIpc) is 2.78. The van der Waals surface area contributed by atoms with Crippen molar-refractivity contribution in [3.8, 4) is 5.75 Å². The van der Waals surface area contributed by atoms with Crippen LogP contribution >= 0.6 is 39.7 Å². The highest BCUT2D eigenvalue weighted by Gasteiger charge is 2.27. The van der Waals surface area contributed by atoms with Crippen molar-refractivity contribution in [1.29, 1.82) is 0 Å². The molecular formula is C13H20BrClN2O2S. The molecule has 2 heterocycles. The van der Waals surface area contributed by atoms with Crippen LogP contribution in [0.1, 0.15) is 29.4 Å². The molecule has 0 saturated carbocycles. The molecule has 0 spiro atoms. The highest BCUT2D eigenvalue weighted by atomic mass is 79.9. The molecule has 1 aromatic rings. The van der Waals surface area contributed by atoms with Crippen molar-refractivity contribution in [3.63, 3.8) is 0 Å². The number of rotatable bonds is 4. The van der Waals surface area contributed by atoms with E-state index in [2.05, 4.69) is 33.5 Å². The fraction of sp³-hybridized carbons (Fsp3) is 0.615. The molecule has 2 rings (SSSR count). The Labute approximate surface area is 138 Å². The summed E-state index contributed by atoms with van der Waals surface area (Å²) in [5.74, 6) is 0.692. The largest absolute Gasteiger partial charge is 0.495 e. The van der Waals surface area contributed by atoms with Gasteiger partial charge in [-0.25, -0.2) is 0 Å². The Balaban J connectivity index is 0.00000200. The van der Waals surface area contributed by atoms with Crippen LogP contribution in [0.2, 0.25) is 0 Å². The van der Waals surface area contributed by atoms with E-state index >= 15 is 0 Å². The summed E-state index contributed by atoms with van der Waals surface area (Å²) < 4.78 is 6.02. The second kappa shape index (κ2) is 7.64. The molecule has 0 aromatic carbocycles. The SMILES string of the molecule is COc1cc(C(=O)NCC2(C)CCNCC2)sc1Br.Cl. The number of piperidine rings is 1. The van der Waals surface area contributed by atoms with Gasteiger partial charge in [-0.2, -0.15) is 0 Å². The van der Waals surface area contributed by atoms with E-state index in [0.717, 1.165) is 36.3 Å². The second-order valence-corrected chi connectivity index (χ2v) is 7.57. The summed E-state index contributed by atoms with van der Waals surface area (Å²) in [6.07, 6.45) is 2.20. The van der Waals surface area contributed by atoms with Gasteiger partial charge in [-0.15, -0.1) is 23.7 Å². The maximum atomic E-state index is 12.1. The van der Waals surface area contributed by atoms with Crippen LogP contribution in [-0.4, -0.2) is 32.7 Å². The summed E-state index contributed by atoms with van der Waals surface area (Å²) in [5.41, 5.74) is 0.208. The Morgan fingerprint density at radius 1 is 1.55 bits per heavy atom. The summed E-state index contributed by atoms with van der Waals surface area (Å²) in [7, 11) is 1.60. The third-order valence-electron chi connectivity index (χ3n) is 3.59. The molecule has 1 aliphatic heterocycles. The summed E-state index contributed by atoms with van der Waals surface area (Å²) in [5, 5.41) is 6.39. The molecule has 20 heavy (non-hydrogen) atoms. The molecule has 0 atom stereocenters. The van der Waals surface area contributed by atoms with E-state index in [9.17, 15) is 4.79 Å². The second-order valence-electron chi connectivity index (χ2n) is 5.20. The number of hydrogen-bond acceptors (Lipinski definition) is 4. The topological polar surface area (TPSA) is 50.4 Å². The van der Waals surface area contributed by atoms with Gasteiger partial charge in [0.05, 0.1) is 12.0 Å². The minimum atomic E-state index is -0.0197. The van der Waals surface area contributed by atoms with Gasteiger partial charge in [0, 0.05) is 12.6 Å². The van der Waals surface area contributed by atoms with Crippen LogP contribution in [0.15, 0.2) is 9.85 Å². The average molecular weight is 384 g/mol.